The van der Waals surface area contributed by atoms with Gasteiger partial charge in [-0.25, -0.2) is 8.42 Å². The third-order valence-corrected chi connectivity index (χ3v) is 6.18. The summed E-state index contributed by atoms with van der Waals surface area (Å²) >= 11 is 0. The first kappa shape index (κ1) is 17.2. The molecule has 2 rings (SSSR count). The van der Waals surface area contributed by atoms with Crippen LogP contribution in [0.3, 0.4) is 0 Å². The van der Waals surface area contributed by atoms with Gasteiger partial charge in [0.15, 0.2) is 0 Å². The van der Waals surface area contributed by atoms with Crippen LogP contribution in [-0.2, 0) is 10.0 Å². The smallest absolute Gasteiger partial charge is 0.214 e. The average molecular weight is 326 g/mol. The van der Waals surface area contributed by atoms with Gasteiger partial charge < -0.3 is 4.74 Å². The number of ether oxygens (including phenoxy) is 1. The molecule has 1 aromatic rings. The molecule has 0 bridgehead atoms. The lowest BCUT2D eigenvalue weighted by Crippen LogP contribution is -2.49. The minimum absolute atomic E-state index is 0.0290. The summed E-state index contributed by atoms with van der Waals surface area (Å²) < 4.78 is 32.0. The van der Waals surface area contributed by atoms with Gasteiger partial charge >= 0.3 is 0 Å². The fourth-order valence-electron chi connectivity index (χ4n) is 2.83. The minimum Gasteiger partial charge on any atom is -0.496 e. The zero-order valence-corrected chi connectivity index (χ0v) is 14.5. The van der Waals surface area contributed by atoms with Crippen molar-refractivity contribution in [1.29, 1.82) is 0 Å². The minimum atomic E-state index is -3.16. The van der Waals surface area contributed by atoms with Gasteiger partial charge in [0.2, 0.25) is 10.0 Å². The Morgan fingerprint density at radius 2 is 2.00 bits per heavy atom. The number of nitrogens with zero attached hydrogens (tertiary/aromatic N) is 2. The first-order valence-electron chi connectivity index (χ1n) is 7.80. The molecule has 6 heteroatoms. The number of hydrogen-bond acceptors (Lipinski definition) is 4. The predicted molar refractivity (Wildman–Crippen MR) is 88.6 cm³/mol. The highest BCUT2D eigenvalue weighted by Gasteiger charge is 2.33. The Labute approximate surface area is 133 Å². The molecule has 0 radical (unpaired) electrons. The van der Waals surface area contributed by atoms with Crippen LogP contribution in [0.5, 0.6) is 5.75 Å². The largest absolute Gasteiger partial charge is 0.496 e. The van der Waals surface area contributed by atoms with Crippen LogP contribution in [0.25, 0.3) is 0 Å². The van der Waals surface area contributed by atoms with Gasteiger partial charge in [-0.2, -0.15) is 4.31 Å². The molecule has 1 aliphatic rings. The van der Waals surface area contributed by atoms with Gasteiger partial charge in [0.25, 0.3) is 0 Å². The maximum absolute atomic E-state index is 12.5. The van der Waals surface area contributed by atoms with Gasteiger partial charge in [-0.1, -0.05) is 31.5 Å². The molecular formula is C16H26N2O3S. The zero-order chi connectivity index (χ0) is 16.2. The van der Waals surface area contributed by atoms with Crippen LogP contribution in [0, 0.1) is 0 Å². The molecule has 0 aliphatic carbocycles. The van der Waals surface area contributed by atoms with E-state index in [0.29, 0.717) is 19.5 Å². The predicted octanol–water partition coefficient (Wildman–Crippen LogP) is 2.11. The molecule has 22 heavy (non-hydrogen) atoms. The van der Waals surface area contributed by atoms with Gasteiger partial charge in [-0.05, 0) is 19.5 Å². The monoisotopic (exact) mass is 326 g/mol. The molecule has 1 saturated heterocycles. The van der Waals surface area contributed by atoms with Gasteiger partial charge in [-0.3, -0.25) is 4.90 Å². The molecule has 0 spiro atoms. The quantitative estimate of drug-likeness (QED) is 0.803. The number of methoxy groups -OCH3 is 1. The van der Waals surface area contributed by atoms with Crippen molar-refractivity contribution in [3.63, 3.8) is 0 Å². The van der Waals surface area contributed by atoms with Crippen LogP contribution in [-0.4, -0.2) is 57.2 Å². The number of sulfonamides is 1. The summed E-state index contributed by atoms with van der Waals surface area (Å²) in [6, 6.07) is 7.87. The Bertz CT molecular complexity index is 589. The van der Waals surface area contributed by atoms with Crippen molar-refractivity contribution in [3.8, 4) is 5.75 Å². The van der Waals surface area contributed by atoms with E-state index in [4.69, 9.17) is 4.74 Å². The number of piperazine rings is 1. The normalized spacial score (nSPS) is 21.0. The van der Waals surface area contributed by atoms with Crippen molar-refractivity contribution in [2.24, 2.45) is 0 Å². The van der Waals surface area contributed by atoms with E-state index in [1.54, 1.807) is 11.4 Å². The molecule has 1 heterocycles. The zero-order valence-electron chi connectivity index (χ0n) is 13.7. The number of para-hydroxylation sites is 1. The second-order valence-electron chi connectivity index (χ2n) is 5.77. The summed E-state index contributed by atoms with van der Waals surface area (Å²) in [5.41, 5.74) is 1.04. The first-order valence-corrected chi connectivity index (χ1v) is 9.41. The van der Waals surface area contributed by atoms with Crippen LogP contribution in [0.15, 0.2) is 24.3 Å². The van der Waals surface area contributed by atoms with E-state index >= 15 is 0 Å². The van der Waals surface area contributed by atoms with Crippen molar-refractivity contribution in [1.82, 2.24) is 9.21 Å². The van der Waals surface area contributed by atoms with Crippen molar-refractivity contribution in [2.75, 3.05) is 39.5 Å². The lowest BCUT2D eigenvalue weighted by atomic mass is 10.0. The Morgan fingerprint density at radius 1 is 1.27 bits per heavy atom. The second-order valence-corrected chi connectivity index (χ2v) is 7.85. The maximum Gasteiger partial charge on any atom is 0.214 e. The lowest BCUT2D eigenvalue weighted by Gasteiger charge is -2.39. The van der Waals surface area contributed by atoms with E-state index in [0.717, 1.165) is 24.3 Å². The molecule has 1 atom stereocenters. The molecule has 1 fully saturated rings. The number of likely N-dealkylation sites (N-methyl/N-ethyl adjacent to an activating group) is 1. The van der Waals surface area contributed by atoms with E-state index in [9.17, 15) is 8.42 Å². The van der Waals surface area contributed by atoms with Gasteiger partial charge in [0.1, 0.15) is 5.75 Å². The second kappa shape index (κ2) is 7.44. The van der Waals surface area contributed by atoms with Crippen molar-refractivity contribution >= 4 is 10.0 Å². The van der Waals surface area contributed by atoms with E-state index < -0.39 is 10.0 Å². The van der Waals surface area contributed by atoms with Crippen LogP contribution >= 0.6 is 0 Å². The first-order chi connectivity index (χ1) is 10.5. The number of rotatable bonds is 6. The molecule has 1 aliphatic heterocycles. The Kier molecular flexibility index (Phi) is 5.83. The Balaban J connectivity index is 2.21. The number of hydrogen-bond donors (Lipinski definition) is 0. The summed E-state index contributed by atoms with van der Waals surface area (Å²) in [5, 5.41) is 0. The van der Waals surface area contributed by atoms with Crippen LogP contribution in [0.4, 0.5) is 0 Å². The van der Waals surface area contributed by atoms with E-state index in [1.165, 1.54) is 0 Å². The molecule has 0 saturated carbocycles. The van der Waals surface area contributed by atoms with Crippen molar-refractivity contribution < 1.29 is 13.2 Å². The highest BCUT2D eigenvalue weighted by Crippen LogP contribution is 2.32. The average Bonchev–Trinajstić information content (AvgIpc) is 2.53. The molecule has 1 aromatic carbocycles. The van der Waals surface area contributed by atoms with E-state index in [-0.39, 0.29) is 11.8 Å². The fraction of sp³-hybridized carbons (Fsp3) is 0.625. The fourth-order valence-corrected chi connectivity index (χ4v) is 4.47. The Hall–Kier alpha value is -1.11. The molecule has 0 amide bonds. The molecule has 0 N–H and O–H groups in total. The van der Waals surface area contributed by atoms with Gasteiger partial charge in [0, 0.05) is 25.2 Å². The summed E-state index contributed by atoms with van der Waals surface area (Å²) in [7, 11) is 0.522. The maximum atomic E-state index is 12.5. The third-order valence-electron chi connectivity index (χ3n) is 4.26. The van der Waals surface area contributed by atoms with E-state index in [1.807, 2.05) is 38.2 Å². The van der Waals surface area contributed by atoms with Gasteiger partial charge in [0.05, 0.1) is 18.9 Å². The highest BCUT2D eigenvalue weighted by molar-refractivity contribution is 7.89. The van der Waals surface area contributed by atoms with E-state index in [2.05, 4.69) is 4.90 Å². The molecule has 1 unspecified atom stereocenters. The lowest BCUT2D eigenvalue weighted by molar-refractivity contribution is 0.146. The molecule has 0 aromatic heterocycles. The van der Waals surface area contributed by atoms with Crippen LogP contribution < -0.4 is 4.74 Å². The SMILES string of the molecule is CCCCS(=O)(=O)N1CCN(C)C(c2ccccc2OC)C1. The summed E-state index contributed by atoms with van der Waals surface area (Å²) in [4.78, 5) is 2.20. The third kappa shape index (κ3) is 3.80. The van der Waals surface area contributed by atoms with Crippen LogP contribution in [0.1, 0.15) is 31.4 Å². The topological polar surface area (TPSA) is 49.9 Å². The Morgan fingerprint density at radius 3 is 2.68 bits per heavy atom. The van der Waals surface area contributed by atoms with Gasteiger partial charge in [-0.15, -0.1) is 0 Å². The standard InChI is InChI=1S/C16H26N2O3S/c1-4-5-12-22(19,20)18-11-10-17(2)15(13-18)14-8-6-7-9-16(14)21-3/h6-9,15H,4-5,10-13H2,1-3H3. The molecular weight excluding hydrogens is 300 g/mol. The molecule has 5 nitrogen and oxygen atoms in total. The summed E-state index contributed by atoms with van der Waals surface area (Å²) in [6.07, 6.45) is 1.61. The van der Waals surface area contributed by atoms with Crippen molar-refractivity contribution in [3.05, 3.63) is 29.8 Å². The molecule has 124 valence electrons. The summed E-state index contributed by atoms with van der Waals surface area (Å²) in [6.45, 7) is 3.79. The summed E-state index contributed by atoms with van der Waals surface area (Å²) in [5.74, 6) is 1.05. The van der Waals surface area contributed by atoms with Crippen LogP contribution in [0.2, 0.25) is 0 Å². The number of unbranched alkanes of at least 4 members (excludes halogenated alkanes) is 1. The number of benzene rings is 1. The van der Waals surface area contributed by atoms with Crippen molar-refractivity contribution in [2.45, 2.75) is 25.8 Å². The highest BCUT2D eigenvalue weighted by atomic mass is 32.2.